The van der Waals surface area contributed by atoms with E-state index in [0.717, 1.165) is 6.42 Å². The van der Waals surface area contributed by atoms with Crippen molar-refractivity contribution in [2.45, 2.75) is 26.7 Å². The summed E-state index contributed by atoms with van der Waals surface area (Å²) in [6.45, 7) is 3.89. The van der Waals surface area contributed by atoms with Gasteiger partial charge in [0.2, 0.25) is 0 Å². The Hall–Kier alpha value is -1.54. The Morgan fingerprint density at radius 3 is 2.08 bits per heavy atom. The normalized spacial score (nSPS) is 8.67. The van der Waals surface area contributed by atoms with Gasteiger partial charge in [-0.15, -0.1) is 0 Å². The van der Waals surface area contributed by atoms with E-state index in [1.807, 2.05) is 44.2 Å². The van der Waals surface area contributed by atoms with Crippen LogP contribution in [0.3, 0.4) is 0 Å². The Bertz CT molecular complexity index is 201. The predicted molar refractivity (Wildman–Crippen MR) is 50.1 cm³/mol. The van der Waals surface area contributed by atoms with Crippen molar-refractivity contribution >= 4 is 0 Å². The third kappa shape index (κ3) is 23.7. The molecule has 0 heterocycles. The monoisotopic (exact) mass is 162 g/mol. The molecule has 0 aromatic carbocycles. The van der Waals surface area contributed by atoms with Crippen LogP contribution in [0.1, 0.15) is 26.7 Å². The fourth-order valence-electron chi connectivity index (χ4n) is 0.341. The summed E-state index contributed by atoms with van der Waals surface area (Å²) in [4.78, 5) is 0. The van der Waals surface area contributed by atoms with E-state index >= 15 is 0 Å². The number of nitrogens with zero attached hydrogens (tertiary/aromatic N) is 2. The van der Waals surface area contributed by atoms with Gasteiger partial charge in [0.25, 0.3) is 0 Å². The van der Waals surface area contributed by atoms with Gasteiger partial charge in [0.15, 0.2) is 0 Å². The van der Waals surface area contributed by atoms with Gasteiger partial charge in [-0.3, -0.25) is 0 Å². The van der Waals surface area contributed by atoms with Gasteiger partial charge in [0.1, 0.15) is 0 Å². The first-order valence-corrected chi connectivity index (χ1v) is 3.86. The smallest absolute Gasteiger partial charge is 0.0908 e. The van der Waals surface area contributed by atoms with Crippen LogP contribution in [-0.2, 0) is 0 Å². The number of allylic oxidation sites excluding steroid dienone is 4. The molecule has 12 heavy (non-hydrogen) atoms. The molecule has 0 radical (unpaired) electrons. The molecule has 0 aliphatic heterocycles. The summed E-state index contributed by atoms with van der Waals surface area (Å²) in [5, 5.41) is 15.8. The molecule has 0 unspecified atom stereocenters. The highest BCUT2D eigenvalue weighted by Gasteiger charge is 1.61. The first kappa shape index (κ1) is 13.1. The average molecular weight is 162 g/mol. The molecule has 2 heteroatoms. The quantitative estimate of drug-likeness (QED) is 0.463. The second-order valence-corrected chi connectivity index (χ2v) is 1.87. The Labute approximate surface area is 74.4 Å². The average Bonchev–Trinajstić information content (AvgIpc) is 2.12. The third-order valence-electron chi connectivity index (χ3n) is 0.873. The SMILES string of the molecule is C/C=C/CC#N.CC/C=C\C#N. The summed E-state index contributed by atoms with van der Waals surface area (Å²) in [6, 6.07) is 3.87. The van der Waals surface area contributed by atoms with Crippen molar-refractivity contribution in [1.82, 2.24) is 0 Å². The first-order valence-electron chi connectivity index (χ1n) is 3.86. The maximum absolute atomic E-state index is 7.90. The lowest BCUT2D eigenvalue weighted by Crippen LogP contribution is -1.49. The van der Waals surface area contributed by atoms with Crippen LogP contribution >= 0.6 is 0 Å². The fraction of sp³-hybridized carbons (Fsp3) is 0.400. The maximum atomic E-state index is 7.90. The van der Waals surface area contributed by atoms with Crippen molar-refractivity contribution in [2.75, 3.05) is 0 Å². The Morgan fingerprint density at radius 1 is 1.25 bits per heavy atom. The van der Waals surface area contributed by atoms with Crippen LogP contribution in [0.25, 0.3) is 0 Å². The van der Waals surface area contributed by atoms with E-state index < -0.39 is 0 Å². The Balaban J connectivity index is 0. The Kier molecular flexibility index (Phi) is 17.7. The van der Waals surface area contributed by atoms with Gasteiger partial charge in [0.05, 0.1) is 18.6 Å². The van der Waals surface area contributed by atoms with Crippen LogP contribution < -0.4 is 0 Å². The van der Waals surface area contributed by atoms with Crippen LogP contribution in [-0.4, -0.2) is 0 Å². The molecule has 0 spiro atoms. The highest BCUT2D eigenvalue weighted by atomic mass is 14.2. The minimum absolute atomic E-state index is 0.538. The lowest BCUT2D eigenvalue weighted by atomic mass is 10.4. The molecule has 0 atom stereocenters. The first-order chi connectivity index (χ1) is 5.83. The lowest BCUT2D eigenvalue weighted by Gasteiger charge is -1.63. The van der Waals surface area contributed by atoms with Crippen LogP contribution in [0.2, 0.25) is 0 Å². The highest BCUT2D eigenvalue weighted by molar-refractivity contribution is 5.00. The molecule has 0 N–H and O–H groups in total. The van der Waals surface area contributed by atoms with E-state index in [1.165, 1.54) is 6.08 Å². The van der Waals surface area contributed by atoms with Crippen molar-refractivity contribution in [3.8, 4) is 12.1 Å². The molecule has 0 aliphatic rings. The minimum atomic E-state index is 0.538. The van der Waals surface area contributed by atoms with Gasteiger partial charge in [-0.25, -0.2) is 0 Å². The molecule has 0 aromatic rings. The second-order valence-electron chi connectivity index (χ2n) is 1.87. The van der Waals surface area contributed by atoms with Gasteiger partial charge in [-0.05, 0) is 13.3 Å². The molecule has 0 aliphatic carbocycles. The molecule has 0 aromatic heterocycles. The summed E-state index contributed by atoms with van der Waals surface area (Å²) in [7, 11) is 0. The molecule has 2 nitrogen and oxygen atoms in total. The molecule has 0 rings (SSSR count). The molecule has 0 saturated carbocycles. The number of hydrogen-bond acceptors (Lipinski definition) is 2. The number of nitriles is 2. The van der Waals surface area contributed by atoms with Crippen molar-refractivity contribution in [2.24, 2.45) is 0 Å². The van der Waals surface area contributed by atoms with Crippen LogP contribution in [0, 0.1) is 22.7 Å². The van der Waals surface area contributed by atoms with Crippen molar-refractivity contribution in [1.29, 1.82) is 10.5 Å². The largest absolute Gasteiger partial charge is 0.198 e. The van der Waals surface area contributed by atoms with Crippen molar-refractivity contribution in [3.63, 3.8) is 0 Å². The molecule has 0 fully saturated rings. The van der Waals surface area contributed by atoms with Crippen molar-refractivity contribution in [3.05, 3.63) is 24.3 Å². The van der Waals surface area contributed by atoms with E-state index in [2.05, 4.69) is 0 Å². The molecule has 0 amide bonds. The molecule has 0 saturated heterocycles. The summed E-state index contributed by atoms with van der Waals surface area (Å²) in [5.41, 5.74) is 0. The zero-order valence-corrected chi connectivity index (χ0v) is 7.62. The van der Waals surface area contributed by atoms with E-state index in [9.17, 15) is 0 Å². The third-order valence-corrected chi connectivity index (χ3v) is 0.873. The van der Waals surface area contributed by atoms with Gasteiger partial charge >= 0.3 is 0 Å². The zero-order chi connectivity index (χ0) is 9.66. The summed E-state index contributed by atoms with van der Waals surface area (Å²) in [5.74, 6) is 0. The minimum Gasteiger partial charge on any atom is -0.198 e. The fourth-order valence-corrected chi connectivity index (χ4v) is 0.341. The van der Waals surface area contributed by atoms with E-state index in [0.29, 0.717) is 6.42 Å². The molecular formula is C10H14N2. The van der Waals surface area contributed by atoms with Gasteiger partial charge < -0.3 is 0 Å². The molecular weight excluding hydrogens is 148 g/mol. The maximum Gasteiger partial charge on any atom is 0.0908 e. The van der Waals surface area contributed by atoms with E-state index in [4.69, 9.17) is 10.5 Å². The zero-order valence-electron chi connectivity index (χ0n) is 7.62. The predicted octanol–water partition coefficient (Wildman–Crippen LogP) is 2.95. The molecule has 0 bridgehead atoms. The molecule has 64 valence electrons. The van der Waals surface area contributed by atoms with Gasteiger partial charge in [0, 0.05) is 6.08 Å². The van der Waals surface area contributed by atoms with Gasteiger partial charge in [-0.2, -0.15) is 10.5 Å². The number of rotatable bonds is 2. The summed E-state index contributed by atoms with van der Waals surface area (Å²) >= 11 is 0. The summed E-state index contributed by atoms with van der Waals surface area (Å²) in [6.07, 6.45) is 8.48. The Morgan fingerprint density at radius 2 is 1.92 bits per heavy atom. The highest BCUT2D eigenvalue weighted by Crippen LogP contribution is 1.74. The standard InChI is InChI=1S/2C5H7N/c2*1-2-3-4-5-6/h3-4H,2H2,1H3;2-3H,4H2,1H3/b4-3-;3-2+. The lowest BCUT2D eigenvalue weighted by molar-refractivity contribution is 1.22. The van der Waals surface area contributed by atoms with Crippen LogP contribution in [0.5, 0.6) is 0 Å². The van der Waals surface area contributed by atoms with Crippen LogP contribution in [0.4, 0.5) is 0 Å². The second kappa shape index (κ2) is 16.2. The topological polar surface area (TPSA) is 47.6 Å². The van der Waals surface area contributed by atoms with Gasteiger partial charge in [-0.1, -0.05) is 25.2 Å². The number of hydrogen-bond donors (Lipinski definition) is 0. The van der Waals surface area contributed by atoms with Crippen LogP contribution in [0.15, 0.2) is 24.3 Å². The van der Waals surface area contributed by atoms with E-state index in [-0.39, 0.29) is 0 Å². The summed E-state index contributed by atoms with van der Waals surface area (Å²) < 4.78 is 0. The van der Waals surface area contributed by atoms with Crippen molar-refractivity contribution < 1.29 is 0 Å². The van der Waals surface area contributed by atoms with E-state index in [1.54, 1.807) is 0 Å².